The summed E-state index contributed by atoms with van der Waals surface area (Å²) in [5, 5.41) is 11.6. The second-order valence-electron chi connectivity index (χ2n) is 8.80. The molecule has 1 aliphatic heterocycles. The summed E-state index contributed by atoms with van der Waals surface area (Å²) in [6, 6.07) is 14.9. The smallest absolute Gasteiger partial charge is 0.115 e. The first-order chi connectivity index (χ1) is 13.0. The number of hydrogen-bond donors (Lipinski definition) is 1. The Morgan fingerprint density at radius 3 is 2.78 bits per heavy atom. The summed E-state index contributed by atoms with van der Waals surface area (Å²) >= 11 is 0. The number of benzene rings is 2. The highest BCUT2D eigenvalue weighted by atomic mass is 16.3. The summed E-state index contributed by atoms with van der Waals surface area (Å²) in [6.07, 6.45) is 3.34. The van der Waals surface area contributed by atoms with Gasteiger partial charge in [0.1, 0.15) is 5.75 Å². The van der Waals surface area contributed by atoms with E-state index in [4.69, 9.17) is 0 Å². The molecule has 3 nitrogen and oxygen atoms in total. The molecule has 2 unspecified atom stereocenters. The fraction of sp³-hybridized carbons (Fsp3) is 0.417. The first kappa shape index (κ1) is 16.9. The Kier molecular flexibility index (Phi) is 3.67. The van der Waals surface area contributed by atoms with Crippen LogP contribution >= 0.6 is 0 Å². The minimum absolute atomic E-state index is 0.120. The third-order valence-corrected chi connectivity index (χ3v) is 7.20. The largest absolute Gasteiger partial charge is 0.508 e. The van der Waals surface area contributed by atoms with Crippen LogP contribution in [0.25, 0.3) is 10.9 Å². The zero-order chi connectivity index (χ0) is 18.8. The van der Waals surface area contributed by atoms with Gasteiger partial charge in [0.15, 0.2) is 0 Å². The van der Waals surface area contributed by atoms with Gasteiger partial charge in [-0.3, -0.25) is 0 Å². The van der Waals surface area contributed by atoms with E-state index in [1.807, 2.05) is 12.1 Å². The molecule has 1 N–H and O–H groups in total. The Morgan fingerprint density at radius 2 is 1.96 bits per heavy atom. The first-order valence-corrected chi connectivity index (χ1v) is 10.0. The van der Waals surface area contributed by atoms with Crippen LogP contribution in [0.4, 0.5) is 0 Å². The van der Waals surface area contributed by atoms with E-state index >= 15 is 0 Å². The molecule has 27 heavy (non-hydrogen) atoms. The molecule has 1 aromatic heterocycles. The summed E-state index contributed by atoms with van der Waals surface area (Å²) in [6.45, 7) is 4.41. The van der Waals surface area contributed by atoms with E-state index in [1.165, 1.54) is 27.7 Å². The molecule has 0 spiro atoms. The van der Waals surface area contributed by atoms with E-state index in [0.717, 1.165) is 32.4 Å². The minimum Gasteiger partial charge on any atom is -0.508 e. The van der Waals surface area contributed by atoms with Gasteiger partial charge in [0, 0.05) is 35.6 Å². The number of piperidine rings is 1. The van der Waals surface area contributed by atoms with E-state index in [0.29, 0.717) is 11.7 Å². The van der Waals surface area contributed by atoms with Crippen molar-refractivity contribution < 1.29 is 5.11 Å². The number of likely N-dealkylation sites (tertiary alicyclic amines) is 1. The van der Waals surface area contributed by atoms with Crippen molar-refractivity contribution in [2.24, 2.45) is 13.0 Å². The van der Waals surface area contributed by atoms with Crippen molar-refractivity contribution in [2.75, 3.05) is 20.1 Å². The predicted octanol–water partition coefficient (Wildman–Crippen LogP) is 4.18. The van der Waals surface area contributed by atoms with Crippen LogP contribution < -0.4 is 0 Å². The van der Waals surface area contributed by atoms with E-state index < -0.39 is 0 Å². The Bertz CT molecular complexity index is 1030. The number of hydrogen-bond acceptors (Lipinski definition) is 2. The molecular formula is C24H28N2O. The van der Waals surface area contributed by atoms with Gasteiger partial charge in [-0.2, -0.15) is 0 Å². The molecule has 0 radical (unpaired) electrons. The molecule has 140 valence electrons. The van der Waals surface area contributed by atoms with Gasteiger partial charge in [-0.05, 0) is 80.6 Å². The van der Waals surface area contributed by atoms with Gasteiger partial charge in [0.2, 0.25) is 0 Å². The topological polar surface area (TPSA) is 28.4 Å². The Labute approximate surface area is 161 Å². The van der Waals surface area contributed by atoms with Gasteiger partial charge in [-0.15, -0.1) is 0 Å². The number of fused-ring (bicyclic) bond motifs is 4. The molecule has 3 heteroatoms. The van der Waals surface area contributed by atoms with Crippen LogP contribution in [0.1, 0.15) is 28.8 Å². The fourth-order valence-corrected chi connectivity index (χ4v) is 5.70. The maximum absolute atomic E-state index is 10.2. The molecule has 2 atom stereocenters. The molecule has 0 amide bonds. The Balaban J connectivity index is 1.72. The lowest BCUT2D eigenvalue weighted by atomic mass is 9.59. The van der Waals surface area contributed by atoms with Gasteiger partial charge < -0.3 is 14.6 Å². The quantitative estimate of drug-likeness (QED) is 0.705. The monoisotopic (exact) mass is 360 g/mol. The van der Waals surface area contributed by atoms with Crippen LogP contribution in [-0.4, -0.2) is 34.7 Å². The molecule has 3 aromatic rings. The third-order valence-electron chi connectivity index (χ3n) is 7.20. The number of aryl methyl sites for hydroxylation is 2. The average molecular weight is 361 g/mol. The highest BCUT2D eigenvalue weighted by Crippen LogP contribution is 2.49. The normalized spacial score (nSPS) is 25.4. The summed E-state index contributed by atoms with van der Waals surface area (Å²) in [7, 11) is 4.47. The van der Waals surface area contributed by atoms with Crippen molar-refractivity contribution in [1.82, 2.24) is 9.47 Å². The lowest BCUT2D eigenvalue weighted by Gasteiger charge is -2.50. The van der Waals surface area contributed by atoms with Crippen molar-refractivity contribution in [3.63, 3.8) is 0 Å². The Hall–Kier alpha value is -2.26. The van der Waals surface area contributed by atoms with E-state index in [9.17, 15) is 5.11 Å². The van der Waals surface area contributed by atoms with Gasteiger partial charge in [0.05, 0.1) is 0 Å². The van der Waals surface area contributed by atoms with Crippen LogP contribution in [0.2, 0.25) is 0 Å². The van der Waals surface area contributed by atoms with Crippen molar-refractivity contribution in [3.8, 4) is 5.75 Å². The predicted molar refractivity (Wildman–Crippen MR) is 110 cm³/mol. The number of aromatic nitrogens is 1. The number of nitrogens with zero attached hydrogens (tertiary/aromatic N) is 2. The van der Waals surface area contributed by atoms with Crippen molar-refractivity contribution in [1.29, 1.82) is 0 Å². The molecule has 5 rings (SSSR count). The molecule has 1 aliphatic carbocycles. The highest BCUT2D eigenvalue weighted by Gasteiger charge is 2.48. The summed E-state index contributed by atoms with van der Waals surface area (Å²) in [5.74, 6) is 0.968. The SMILES string of the molecule is Cc1ccc2c3c(n(C)c2c1)CC1(c2cccc(O)c2)CCN(C)CC1C3. The van der Waals surface area contributed by atoms with E-state index in [1.54, 1.807) is 11.6 Å². The zero-order valence-electron chi connectivity index (χ0n) is 16.5. The van der Waals surface area contributed by atoms with Gasteiger partial charge in [-0.25, -0.2) is 0 Å². The molecule has 1 fully saturated rings. The highest BCUT2D eigenvalue weighted by molar-refractivity contribution is 5.86. The van der Waals surface area contributed by atoms with E-state index in [-0.39, 0.29) is 5.41 Å². The number of rotatable bonds is 1. The van der Waals surface area contributed by atoms with Crippen molar-refractivity contribution in [2.45, 2.75) is 31.6 Å². The third kappa shape index (κ3) is 2.45. The van der Waals surface area contributed by atoms with Crippen LogP contribution in [-0.2, 0) is 25.3 Å². The van der Waals surface area contributed by atoms with E-state index in [2.05, 4.69) is 54.8 Å². The molecular weight excluding hydrogens is 332 g/mol. The lowest BCUT2D eigenvalue weighted by molar-refractivity contribution is 0.0985. The summed E-state index contributed by atoms with van der Waals surface area (Å²) in [5.41, 5.74) is 7.14. The standard InChI is InChI=1S/C24H28N2O/c1-16-7-8-20-21-13-18-15-25(2)10-9-24(18,17-5-4-6-19(27)12-17)14-23(21)26(3)22(20)11-16/h4-8,11-12,18,27H,9-10,13-15H2,1-3H3. The minimum atomic E-state index is 0.120. The fourth-order valence-electron chi connectivity index (χ4n) is 5.70. The number of phenols is 1. The zero-order valence-corrected chi connectivity index (χ0v) is 16.5. The van der Waals surface area contributed by atoms with Crippen LogP contribution in [0.5, 0.6) is 5.75 Å². The summed E-state index contributed by atoms with van der Waals surface area (Å²) < 4.78 is 2.43. The van der Waals surface area contributed by atoms with Gasteiger partial charge >= 0.3 is 0 Å². The van der Waals surface area contributed by atoms with Crippen LogP contribution in [0.3, 0.4) is 0 Å². The van der Waals surface area contributed by atoms with Gasteiger partial charge in [-0.1, -0.05) is 24.3 Å². The summed E-state index contributed by atoms with van der Waals surface area (Å²) in [4.78, 5) is 2.48. The molecule has 0 saturated carbocycles. The number of phenolic OH excluding ortho intramolecular Hbond substituents is 1. The average Bonchev–Trinajstić information content (AvgIpc) is 2.91. The molecule has 2 aliphatic rings. The van der Waals surface area contributed by atoms with Crippen molar-refractivity contribution >= 4 is 10.9 Å². The number of aromatic hydroxyl groups is 1. The molecule has 2 aromatic carbocycles. The van der Waals surface area contributed by atoms with Gasteiger partial charge in [0.25, 0.3) is 0 Å². The maximum atomic E-state index is 10.2. The Morgan fingerprint density at radius 1 is 1.11 bits per heavy atom. The second kappa shape index (κ2) is 5.87. The molecule has 0 bridgehead atoms. The molecule has 1 saturated heterocycles. The first-order valence-electron chi connectivity index (χ1n) is 10.0. The van der Waals surface area contributed by atoms with Crippen LogP contribution in [0, 0.1) is 12.8 Å². The lowest BCUT2D eigenvalue weighted by Crippen LogP contribution is -2.52. The molecule has 2 heterocycles. The maximum Gasteiger partial charge on any atom is 0.115 e. The van der Waals surface area contributed by atoms with Crippen LogP contribution in [0.15, 0.2) is 42.5 Å². The second-order valence-corrected chi connectivity index (χ2v) is 8.80. The van der Waals surface area contributed by atoms with Crippen molar-refractivity contribution in [3.05, 3.63) is 64.8 Å².